The van der Waals surface area contributed by atoms with Gasteiger partial charge in [-0.05, 0) is 32.4 Å². The zero-order valence-corrected chi connectivity index (χ0v) is 11.8. The fourth-order valence-corrected chi connectivity index (χ4v) is 1.28. The third-order valence-corrected chi connectivity index (χ3v) is 2.08. The van der Waals surface area contributed by atoms with Gasteiger partial charge in [-0.3, -0.25) is 4.98 Å². The molecule has 1 rings (SSSR count). The molecule has 0 aliphatic rings. The molecular weight excluding hydrogens is 262 g/mol. The summed E-state index contributed by atoms with van der Waals surface area (Å²) in [7, 11) is 0. The molecule has 0 radical (unpaired) electrons. The van der Waals surface area contributed by atoms with E-state index in [0.29, 0.717) is 12.2 Å². The highest BCUT2D eigenvalue weighted by atomic mass is 16.6. The van der Waals surface area contributed by atoms with Gasteiger partial charge in [-0.1, -0.05) is 6.07 Å². The van der Waals surface area contributed by atoms with Crippen molar-refractivity contribution in [3.05, 3.63) is 29.6 Å². The zero-order valence-electron chi connectivity index (χ0n) is 11.8. The number of pyridine rings is 1. The molecule has 0 aliphatic carbocycles. The number of nitrogens with two attached hydrogens (primary N) is 1. The predicted octanol–water partition coefficient (Wildman–Crippen LogP) is 1.70. The number of carbonyl (C=O) groups excluding carboxylic acids is 2. The van der Waals surface area contributed by atoms with E-state index in [4.69, 9.17) is 10.5 Å². The summed E-state index contributed by atoms with van der Waals surface area (Å²) in [6.07, 6.45) is 0.248. The highest BCUT2D eigenvalue weighted by Crippen LogP contribution is 2.07. The Labute approximate surface area is 117 Å². The summed E-state index contributed by atoms with van der Waals surface area (Å²) < 4.78 is 9.71. The lowest BCUT2D eigenvalue weighted by atomic mass is 10.2. The average molecular weight is 281 g/mol. The minimum Gasteiger partial charge on any atom is -0.444 e. The van der Waals surface area contributed by atoms with Crippen molar-refractivity contribution in [2.75, 3.05) is 0 Å². The van der Waals surface area contributed by atoms with Crippen LogP contribution in [-0.2, 0) is 22.6 Å². The minimum absolute atomic E-state index is 0.0229. The molecule has 0 fully saturated rings. The van der Waals surface area contributed by atoms with Crippen molar-refractivity contribution < 1.29 is 19.1 Å². The van der Waals surface area contributed by atoms with Crippen molar-refractivity contribution in [3.8, 4) is 0 Å². The molecule has 0 saturated carbocycles. The van der Waals surface area contributed by atoms with E-state index >= 15 is 0 Å². The lowest BCUT2D eigenvalue weighted by molar-refractivity contribution is 0.0523. The van der Waals surface area contributed by atoms with Crippen LogP contribution in [0.2, 0.25) is 0 Å². The highest BCUT2D eigenvalue weighted by Gasteiger charge is 2.15. The highest BCUT2D eigenvalue weighted by molar-refractivity contribution is 5.67. The summed E-state index contributed by atoms with van der Waals surface area (Å²) >= 11 is 0. The Kier molecular flexibility index (Phi) is 5.31. The Balaban J connectivity index is 2.42. The standard InChI is InChI=1S/C13H19N3O4/c1-13(2,3)20-12(18)16-7-9-4-5-10(15-6-9)8-19-11(14)17/h4-6H,7-8H2,1-3H3,(H2,14,17)(H,16,18). The summed E-state index contributed by atoms with van der Waals surface area (Å²) in [5, 5.41) is 2.62. The van der Waals surface area contributed by atoms with E-state index < -0.39 is 17.8 Å². The third-order valence-electron chi connectivity index (χ3n) is 2.08. The summed E-state index contributed by atoms with van der Waals surface area (Å²) in [5.74, 6) is 0. The second kappa shape index (κ2) is 6.74. The summed E-state index contributed by atoms with van der Waals surface area (Å²) in [6, 6.07) is 3.46. The number of carbonyl (C=O) groups is 2. The van der Waals surface area contributed by atoms with Gasteiger partial charge in [-0.25, -0.2) is 9.59 Å². The van der Waals surface area contributed by atoms with Gasteiger partial charge in [0, 0.05) is 12.7 Å². The van der Waals surface area contributed by atoms with Gasteiger partial charge in [0.05, 0.1) is 5.69 Å². The van der Waals surface area contributed by atoms with E-state index in [-0.39, 0.29) is 6.61 Å². The first-order valence-corrected chi connectivity index (χ1v) is 6.09. The van der Waals surface area contributed by atoms with Crippen LogP contribution in [-0.4, -0.2) is 22.8 Å². The smallest absolute Gasteiger partial charge is 0.407 e. The minimum atomic E-state index is -0.845. The van der Waals surface area contributed by atoms with Crippen LogP contribution < -0.4 is 11.1 Å². The van der Waals surface area contributed by atoms with Crippen molar-refractivity contribution in [2.45, 2.75) is 39.5 Å². The van der Waals surface area contributed by atoms with Gasteiger partial charge < -0.3 is 20.5 Å². The van der Waals surface area contributed by atoms with Gasteiger partial charge in [-0.2, -0.15) is 0 Å². The number of hydrogen-bond acceptors (Lipinski definition) is 5. The van der Waals surface area contributed by atoms with Crippen LogP contribution in [0.5, 0.6) is 0 Å². The van der Waals surface area contributed by atoms with Crippen LogP contribution in [0.25, 0.3) is 0 Å². The molecule has 0 bridgehead atoms. The number of hydrogen-bond donors (Lipinski definition) is 2. The van der Waals surface area contributed by atoms with E-state index in [9.17, 15) is 9.59 Å². The first-order valence-electron chi connectivity index (χ1n) is 6.09. The Bertz CT molecular complexity index is 465. The normalized spacial score (nSPS) is 10.8. The number of nitrogens with zero attached hydrogens (tertiary/aromatic N) is 1. The molecule has 0 saturated heterocycles. The number of ether oxygens (including phenoxy) is 2. The maximum absolute atomic E-state index is 11.5. The van der Waals surface area contributed by atoms with Crippen molar-refractivity contribution in [3.63, 3.8) is 0 Å². The Morgan fingerprint density at radius 2 is 2.05 bits per heavy atom. The topological polar surface area (TPSA) is 104 Å². The van der Waals surface area contributed by atoms with Crippen LogP contribution in [0.1, 0.15) is 32.0 Å². The maximum atomic E-state index is 11.5. The maximum Gasteiger partial charge on any atom is 0.407 e. The summed E-state index contributed by atoms with van der Waals surface area (Å²) in [4.78, 5) is 26.0. The number of aromatic nitrogens is 1. The van der Waals surface area contributed by atoms with Crippen LogP contribution in [0.4, 0.5) is 9.59 Å². The molecule has 0 atom stereocenters. The van der Waals surface area contributed by atoms with Crippen LogP contribution in [0, 0.1) is 0 Å². The fourth-order valence-electron chi connectivity index (χ4n) is 1.28. The van der Waals surface area contributed by atoms with Crippen LogP contribution in [0.15, 0.2) is 18.3 Å². The first-order chi connectivity index (χ1) is 9.26. The van der Waals surface area contributed by atoms with Gasteiger partial charge in [0.15, 0.2) is 0 Å². The SMILES string of the molecule is CC(C)(C)OC(=O)NCc1ccc(COC(N)=O)nc1. The molecule has 0 aliphatic heterocycles. The molecule has 20 heavy (non-hydrogen) atoms. The molecule has 110 valence electrons. The van der Waals surface area contributed by atoms with E-state index in [2.05, 4.69) is 15.0 Å². The Morgan fingerprint density at radius 3 is 2.55 bits per heavy atom. The summed E-state index contributed by atoms with van der Waals surface area (Å²) in [5.41, 5.74) is 5.70. The molecule has 0 spiro atoms. The number of alkyl carbamates (subject to hydrolysis) is 1. The molecule has 2 amide bonds. The molecule has 7 heteroatoms. The van der Waals surface area contributed by atoms with Gasteiger partial charge >= 0.3 is 12.2 Å². The number of rotatable bonds is 4. The average Bonchev–Trinajstić information content (AvgIpc) is 2.33. The van der Waals surface area contributed by atoms with Crippen molar-refractivity contribution in [1.29, 1.82) is 0 Å². The largest absolute Gasteiger partial charge is 0.444 e. The van der Waals surface area contributed by atoms with Crippen molar-refractivity contribution in [2.24, 2.45) is 5.73 Å². The predicted molar refractivity (Wildman–Crippen MR) is 71.7 cm³/mol. The quantitative estimate of drug-likeness (QED) is 0.874. The molecule has 0 aromatic carbocycles. The lowest BCUT2D eigenvalue weighted by Crippen LogP contribution is -2.32. The summed E-state index contributed by atoms with van der Waals surface area (Å²) in [6.45, 7) is 5.71. The Morgan fingerprint density at radius 1 is 1.35 bits per heavy atom. The molecule has 1 aromatic heterocycles. The van der Waals surface area contributed by atoms with Crippen molar-refractivity contribution in [1.82, 2.24) is 10.3 Å². The second-order valence-corrected chi connectivity index (χ2v) is 5.12. The van der Waals surface area contributed by atoms with E-state index in [1.165, 1.54) is 0 Å². The van der Waals surface area contributed by atoms with Gasteiger partial charge in [-0.15, -0.1) is 0 Å². The molecule has 1 aromatic rings. The first kappa shape index (κ1) is 15.7. The lowest BCUT2D eigenvalue weighted by Gasteiger charge is -2.19. The van der Waals surface area contributed by atoms with Crippen LogP contribution in [0.3, 0.4) is 0 Å². The zero-order chi connectivity index (χ0) is 15.2. The fraction of sp³-hybridized carbons (Fsp3) is 0.462. The molecule has 7 nitrogen and oxygen atoms in total. The third kappa shape index (κ3) is 6.58. The number of primary amides is 1. The number of amides is 2. The van der Waals surface area contributed by atoms with E-state index in [1.807, 2.05) is 0 Å². The second-order valence-electron chi connectivity index (χ2n) is 5.12. The van der Waals surface area contributed by atoms with Crippen molar-refractivity contribution >= 4 is 12.2 Å². The number of nitrogens with one attached hydrogen (secondary N) is 1. The molecule has 1 heterocycles. The van der Waals surface area contributed by atoms with E-state index in [1.54, 1.807) is 39.1 Å². The van der Waals surface area contributed by atoms with E-state index in [0.717, 1.165) is 5.56 Å². The van der Waals surface area contributed by atoms with Crippen LogP contribution >= 0.6 is 0 Å². The van der Waals surface area contributed by atoms with Gasteiger partial charge in [0.2, 0.25) is 0 Å². The Hall–Kier alpha value is -2.31. The van der Waals surface area contributed by atoms with Gasteiger partial charge in [0.1, 0.15) is 12.2 Å². The monoisotopic (exact) mass is 281 g/mol. The molecule has 3 N–H and O–H groups in total. The molecule has 0 unspecified atom stereocenters. The molecular formula is C13H19N3O4. The van der Waals surface area contributed by atoms with Gasteiger partial charge in [0.25, 0.3) is 0 Å².